The lowest BCUT2D eigenvalue weighted by Gasteiger charge is -2.22. The van der Waals surface area contributed by atoms with E-state index in [1.807, 2.05) is 20.8 Å². The maximum atomic E-state index is 13.1. The zero-order chi connectivity index (χ0) is 45.1. The summed E-state index contributed by atoms with van der Waals surface area (Å²) >= 11 is 0. The van der Waals surface area contributed by atoms with E-state index in [-0.39, 0.29) is 17.9 Å². The Bertz CT molecular complexity index is 975. The molecule has 0 aromatic carbocycles. The van der Waals surface area contributed by atoms with Crippen molar-refractivity contribution in [2.45, 2.75) is 253 Å². The molecule has 9 heteroatoms. The molecule has 0 aliphatic heterocycles. The topological polar surface area (TPSA) is 103 Å². The van der Waals surface area contributed by atoms with Crippen LogP contribution in [0.5, 0.6) is 0 Å². The van der Waals surface area contributed by atoms with Crippen LogP contribution < -0.4 is 5.32 Å². The van der Waals surface area contributed by atoms with E-state index in [0.717, 1.165) is 96.7 Å². The van der Waals surface area contributed by atoms with Crippen molar-refractivity contribution in [2.24, 2.45) is 11.8 Å². The smallest absolute Gasteiger partial charge is 0.407 e. The molecule has 0 aromatic heterocycles. The molecule has 0 aliphatic rings. The van der Waals surface area contributed by atoms with Gasteiger partial charge in [0, 0.05) is 26.1 Å². The van der Waals surface area contributed by atoms with Crippen LogP contribution in [0.15, 0.2) is 0 Å². The van der Waals surface area contributed by atoms with E-state index in [0.29, 0.717) is 45.3 Å². The lowest BCUT2D eigenvalue weighted by Crippen LogP contribution is -2.34. The first-order valence-corrected chi connectivity index (χ1v) is 26.1. The Morgan fingerprint density at radius 3 is 1.49 bits per heavy atom. The minimum absolute atomic E-state index is 0.0264. The highest BCUT2D eigenvalue weighted by Gasteiger charge is 2.20. The number of hydrogen-bond donors (Lipinski definition) is 1. The number of carbonyl (C=O) groups excluding carboxylic acids is 3. The van der Waals surface area contributed by atoms with Gasteiger partial charge in [-0.3, -0.25) is 9.59 Å². The first-order chi connectivity index (χ1) is 29.6. The number of rotatable bonds is 45. The first-order valence-electron chi connectivity index (χ1n) is 26.1. The summed E-state index contributed by atoms with van der Waals surface area (Å²) in [6.07, 6.45) is 35.0. The molecule has 0 spiro atoms. The van der Waals surface area contributed by atoms with Gasteiger partial charge < -0.3 is 29.2 Å². The molecule has 0 fully saturated rings. The number of alkyl carbamates (subject to hydrolysis) is 1. The van der Waals surface area contributed by atoms with E-state index in [2.05, 4.69) is 37.9 Å². The summed E-state index contributed by atoms with van der Waals surface area (Å²) in [7, 11) is 0. The van der Waals surface area contributed by atoms with E-state index < -0.39 is 11.7 Å². The summed E-state index contributed by atoms with van der Waals surface area (Å²) in [6, 6.07) is 0. The van der Waals surface area contributed by atoms with Gasteiger partial charge in [-0.2, -0.15) is 0 Å². The molecule has 0 heterocycles. The van der Waals surface area contributed by atoms with Crippen LogP contribution in [0.1, 0.15) is 248 Å². The van der Waals surface area contributed by atoms with Crippen molar-refractivity contribution in [3.8, 4) is 0 Å². The Hall–Kier alpha value is -1.87. The molecule has 9 nitrogen and oxygen atoms in total. The molecule has 61 heavy (non-hydrogen) atoms. The van der Waals surface area contributed by atoms with Gasteiger partial charge >= 0.3 is 18.0 Å². The van der Waals surface area contributed by atoms with Crippen molar-refractivity contribution in [1.82, 2.24) is 10.2 Å². The summed E-state index contributed by atoms with van der Waals surface area (Å²) in [5.41, 5.74) is -0.517. The van der Waals surface area contributed by atoms with Gasteiger partial charge in [-0.05, 0) is 104 Å². The monoisotopic (exact) mass is 867 g/mol. The predicted octanol–water partition coefficient (Wildman–Crippen LogP) is 14.3. The average Bonchev–Trinajstić information content (AvgIpc) is 3.22. The molecule has 0 saturated carbocycles. The SMILES string of the molecule is CCCCCCCCC(CCCCCC)C(=O)OCCCCCN(CCCCCOC(=O)CCC(CCCCCC)CCCCCC)CCCOCCNC(=O)OC(C)(C)C. The number of hydrogen-bond acceptors (Lipinski definition) is 8. The molecule has 0 rings (SSSR count). The van der Waals surface area contributed by atoms with Gasteiger partial charge in [0.05, 0.1) is 25.7 Å². The number of unbranched alkanes of at least 4 members (excludes halogenated alkanes) is 18. The number of ether oxygens (including phenoxy) is 4. The quantitative estimate of drug-likeness (QED) is 0.0367. The minimum Gasteiger partial charge on any atom is -0.466 e. The minimum atomic E-state index is -0.517. The highest BCUT2D eigenvalue weighted by molar-refractivity contribution is 5.72. The Morgan fingerprint density at radius 2 is 0.951 bits per heavy atom. The van der Waals surface area contributed by atoms with E-state index in [1.54, 1.807) is 0 Å². The zero-order valence-electron chi connectivity index (χ0n) is 41.5. The van der Waals surface area contributed by atoms with Gasteiger partial charge in [-0.1, -0.05) is 156 Å². The van der Waals surface area contributed by atoms with Crippen LogP contribution in [-0.4, -0.2) is 81.1 Å². The number of carbonyl (C=O) groups is 3. The van der Waals surface area contributed by atoms with Crippen molar-refractivity contribution in [1.29, 1.82) is 0 Å². The Kier molecular flexibility index (Phi) is 42.1. The van der Waals surface area contributed by atoms with Gasteiger partial charge in [0.1, 0.15) is 5.60 Å². The fourth-order valence-electron chi connectivity index (χ4n) is 7.99. The summed E-state index contributed by atoms with van der Waals surface area (Å²) in [5, 5.41) is 2.75. The second-order valence-electron chi connectivity index (χ2n) is 19.0. The molecule has 1 amide bonds. The summed E-state index contributed by atoms with van der Waals surface area (Å²) in [6.45, 7) is 20.0. The summed E-state index contributed by atoms with van der Waals surface area (Å²) in [5.74, 6) is 0.707. The number of amides is 1. The fourth-order valence-corrected chi connectivity index (χ4v) is 7.99. The largest absolute Gasteiger partial charge is 0.466 e. The molecule has 0 bridgehead atoms. The second-order valence-corrected chi connectivity index (χ2v) is 19.0. The predicted molar refractivity (Wildman–Crippen MR) is 256 cm³/mol. The Balaban J connectivity index is 4.75. The fraction of sp³-hybridized carbons (Fsp3) is 0.942. The summed E-state index contributed by atoms with van der Waals surface area (Å²) in [4.78, 5) is 40.2. The Morgan fingerprint density at radius 1 is 0.492 bits per heavy atom. The molecule has 362 valence electrons. The van der Waals surface area contributed by atoms with Crippen LogP contribution >= 0.6 is 0 Å². The van der Waals surface area contributed by atoms with Crippen LogP contribution in [0.2, 0.25) is 0 Å². The van der Waals surface area contributed by atoms with E-state index in [4.69, 9.17) is 18.9 Å². The van der Waals surface area contributed by atoms with Gasteiger partial charge in [0.15, 0.2) is 0 Å². The van der Waals surface area contributed by atoms with Gasteiger partial charge in [-0.15, -0.1) is 0 Å². The third kappa shape index (κ3) is 41.9. The van der Waals surface area contributed by atoms with Crippen LogP contribution in [0.3, 0.4) is 0 Å². The third-order valence-corrected chi connectivity index (χ3v) is 11.8. The lowest BCUT2D eigenvalue weighted by atomic mass is 9.90. The van der Waals surface area contributed by atoms with Gasteiger partial charge in [-0.25, -0.2) is 4.79 Å². The van der Waals surface area contributed by atoms with Crippen molar-refractivity contribution in [3.05, 3.63) is 0 Å². The molecular formula is C52H102N2O7. The highest BCUT2D eigenvalue weighted by atomic mass is 16.6. The average molecular weight is 867 g/mol. The number of nitrogens with one attached hydrogen (secondary N) is 1. The molecule has 1 unspecified atom stereocenters. The van der Waals surface area contributed by atoms with Gasteiger partial charge in [0.25, 0.3) is 0 Å². The van der Waals surface area contributed by atoms with Crippen LogP contribution in [-0.2, 0) is 28.5 Å². The van der Waals surface area contributed by atoms with E-state index in [1.165, 1.54) is 116 Å². The van der Waals surface area contributed by atoms with Gasteiger partial charge in [0.2, 0.25) is 0 Å². The lowest BCUT2D eigenvalue weighted by molar-refractivity contribution is -0.149. The summed E-state index contributed by atoms with van der Waals surface area (Å²) < 4.78 is 22.7. The highest BCUT2D eigenvalue weighted by Crippen LogP contribution is 2.24. The maximum Gasteiger partial charge on any atom is 0.407 e. The van der Waals surface area contributed by atoms with Crippen molar-refractivity contribution in [2.75, 3.05) is 52.6 Å². The molecule has 0 radical (unpaired) electrons. The molecule has 1 atom stereocenters. The third-order valence-electron chi connectivity index (χ3n) is 11.8. The molecule has 0 aliphatic carbocycles. The van der Waals surface area contributed by atoms with Crippen molar-refractivity contribution in [3.63, 3.8) is 0 Å². The Labute approximate surface area is 378 Å². The van der Waals surface area contributed by atoms with E-state index >= 15 is 0 Å². The number of nitrogens with zero attached hydrogens (tertiary/aromatic N) is 1. The van der Waals surface area contributed by atoms with Crippen LogP contribution in [0, 0.1) is 11.8 Å². The maximum absolute atomic E-state index is 13.1. The second kappa shape index (κ2) is 43.4. The van der Waals surface area contributed by atoms with E-state index in [9.17, 15) is 14.4 Å². The standard InChI is InChI=1S/C52H102N2O7/c1-8-12-16-20-21-27-36-48(35-26-19-15-11-4)50(56)60-45-31-23-29-41-54(42-32-43-58-46-39-53-51(57)61-52(5,6)7)40-28-22-30-44-59-49(55)38-37-47(33-24-17-13-9-2)34-25-18-14-10-3/h47-48H,8-46H2,1-7H3,(H,53,57). The molecule has 0 saturated heterocycles. The first kappa shape index (κ1) is 59.1. The van der Waals surface area contributed by atoms with Crippen LogP contribution in [0.4, 0.5) is 4.79 Å². The zero-order valence-corrected chi connectivity index (χ0v) is 41.5. The van der Waals surface area contributed by atoms with Crippen molar-refractivity contribution < 1.29 is 33.3 Å². The molecule has 0 aromatic rings. The van der Waals surface area contributed by atoms with Crippen LogP contribution in [0.25, 0.3) is 0 Å². The molecular weight excluding hydrogens is 765 g/mol. The molecule has 1 N–H and O–H groups in total. The van der Waals surface area contributed by atoms with Crippen molar-refractivity contribution >= 4 is 18.0 Å². The normalized spacial score (nSPS) is 12.3. The number of esters is 2.